The Labute approximate surface area is 122 Å². The lowest BCUT2D eigenvalue weighted by molar-refractivity contribution is 0.0694. The summed E-state index contributed by atoms with van der Waals surface area (Å²) in [4.78, 5) is 0. The zero-order valence-corrected chi connectivity index (χ0v) is 12.5. The van der Waals surface area contributed by atoms with Crippen LogP contribution in [0.5, 0.6) is 11.5 Å². The van der Waals surface area contributed by atoms with Crippen LogP contribution in [0.25, 0.3) is 0 Å². The molecule has 0 aliphatic carbocycles. The lowest BCUT2D eigenvalue weighted by Crippen LogP contribution is -2.44. The van der Waals surface area contributed by atoms with Gasteiger partial charge in [0.1, 0.15) is 12.7 Å². The van der Waals surface area contributed by atoms with E-state index in [0.29, 0.717) is 6.61 Å². The molecule has 0 bridgehead atoms. The van der Waals surface area contributed by atoms with Gasteiger partial charge in [-0.05, 0) is 18.6 Å². The van der Waals surface area contributed by atoms with Crippen LogP contribution in [0.15, 0.2) is 24.3 Å². The van der Waals surface area contributed by atoms with Crippen molar-refractivity contribution >= 4 is 0 Å². The van der Waals surface area contributed by atoms with Crippen LogP contribution < -0.4 is 15.2 Å². The van der Waals surface area contributed by atoms with Crippen molar-refractivity contribution in [3.8, 4) is 11.5 Å². The molecule has 1 heterocycles. The molecule has 3 heteroatoms. The minimum absolute atomic E-state index is 0.0134. The van der Waals surface area contributed by atoms with Crippen molar-refractivity contribution in [2.24, 2.45) is 5.73 Å². The molecule has 0 saturated heterocycles. The molecule has 1 aromatic rings. The Hall–Kier alpha value is -1.22. The number of hydrogen-bond acceptors (Lipinski definition) is 3. The molecule has 0 amide bonds. The van der Waals surface area contributed by atoms with Gasteiger partial charge in [-0.2, -0.15) is 0 Å². The Morgan fingerprint density at radius 2 is 1.80 bits per heavy atom. The van der Waals surface area contributed by atoms with Gasteiger partial charge in [0.05, 0.1) is 0 Å². The highest BCUT2D eigenvalue weighted by molar-refractivity contribution is 5.40. The van der Waals surface area contributed by atoms with Crippen LogP contribution >= 0.6 is 0 Å². The molecule has 112 valence electrons. The monoisotopic (exact) mass is 277 g/mol. The normalized spacial score (nSPS) is 18.8. The summed E-state index contributed by atoms with van der Waals surface area (Å²) in [6, 6.07) is 7.86. The molecule has 3 nitrogen and oxygen atoms in total. The third kappa shape index (κ3) is 4.41. The van der Waals surface area contributed by atoms with Crippen LogP contribution in [0.3, 0.4) is 0 Å². The molecule has 20 heavy (non-hydrogen) atoms. The van der Waals surface area contributed by atoms with Crippen LogP contribution in [0.2, 0.25) is 0 Å². The van der Waals surface area contributed by atoms with E-state index in [2.05, 4.69) is 6.92 Å². The number of unbranched alkanes of at least 4 members (excludes halogenated alkanes) is 5. The standard InChI is InChI=1S/C17H27NO2/c1-2-3-4-5-6-7-10-14(18)17-13-19-15-11-8-9-12-16(15)20-17/h8-9,11-12,14,17H,2-7,10,13,18H2,1H3. The Kier molecular flexibility index (Phi) is 6.19. The van der Waals surface area contributed by atoms with Gasteiger partial charge in [0.25, 0.3) is 0 Å². The van der Waals surface area contributed by atoms with Gasteiger partial charge in [-0.1, -0.05) is 57.6 Å². The topological polar surface area (TPSA) is 44.5 Å². The highest BCUT2D eigenvalue weighted by atomic mass is 16.6. The van der Waals surface area contributed by atoms with Crippen molar-refractivity contribution in [1.29, 1.82) is 0 Å². The molecule has 1 aliphatic heterocycles. The summed E-state index contributed by atoms with van der Waals surface area (Å²) in [7, 11) is 0. The number of hydrogen-bond donors (Lipinski definition) is 1. The second-order valence-electron chi connectivity index (χ2n) is 5.63. The molecule has 0 spiro atoms. The summed E-state index contributed by atoms with van der Waals surface area (Å²) >= 11 is 0. The van der Waals surface area contributed by atoms with Crippen molar-refractivity contribution in [3.63, 3.8) is 0 Å². The van der Waals surface area contributed by atoms with Crippen LogP contribution in [0, 0.1) is 0 Å². The maximum atomic E-state index is 6.24. The molecule has 0 fully saturated rings. The third-order valence-corrected chi connectivity index (χ3v) is 3.90. The van der Waals surface area contributed by atoms with Gasteiger partial charge in [-0.3, -0.25) is 0 Å². The minimum atomic E-state index is -0.0134. The van der Waals surface area contributed by atoms with E-state index in [-0.39, 0.29) is 12.1 Å². The SMILES string of the molecule is CCCCCCCCC(N)C1COc2ccccc2O1. The second kappa shape index (κ2) is 8.15. The number of fused-ring (bicyclic) bond motifs is 1. The first kappa shape index (κ1) is 15.2. The highest BCUT2D eigenvalue weighted by Gasteiger charge is 2.25. The molecule has 2 rings (SSSR count). The van der Waals surface area contributed by atoms with Gasteiger partial charge >= 0.3 is 0 Å². The quantitative estimate of drug-likeness (QED) is 0.733. The fourth-order valence-corrected chi connectivity index (χ4v) is 2.59. The molecule has 0 saturated carbocycles. The highest BCUT2D eigenvalue weighted by Crippen LogP contribution is 2.31. The van der Waals surface area contributed by atoms with Crippen LogP contribution in [-0.2, 0) is 0 Å². The van der Waals surface area contributed by atoms with E-state index in [9.17, 15) is 0 Å². The smallest absolute Gasteiger partial charge is 0.161 e. The summed E-state index contributed by atoms with van der Waals surface area (Å²) in [6.45, 7) is 2.81. The van der Waals surface area contributed by atoms with Crippen LogP contribution in [-0.4, -0.2) is 18.8 Å². The van der Waals surface area contributed by atoms with E-state index in [4.69, 9.17) is 15.2 Å². The lowest BCUT2D eigenvalue weighted by Gasteiger charge is -2.30. The number of benzene rings is 1. The average molecular weight is 277 g/mol. The maximum Gasteiger partial charge on any atom is 0.161 e. The Morgan fingerprint density at radius 3 is 2.60 bits per heavy atom. The van der Waals surface area contributed by atoms with Gasteiger partial charge in [0, 0.05) is 6.04 Å². The van der Waals surface area contributed by atoms with Crippen molar-refractivity contribution in [2.45, 2.75) is 64.0 Å². The van der Waals surface area contributed by atoms with Gasteiger partial charge < -0.3 is 15.2 Å². The lowest BCUT2D eigenvalue weighted by atomic mass is 10.0. The predicted molar refractivity (Wildman–Crippen MR) is 82.3 cm³/mol. The molecule has 0 aromatic heterocycles. The van der Waals surface area contributed by atoms with Crippen LogP contribution in [0.1, 0.15) is 51.9 Å². The summed E-state index contributed by atoms with van der Waals surface area (Å²) in [5.74, 6) is 1.65. The Balaban J connectivity index is 1.68. The summed E-state index contributed by atoms with van der Waals surface area (Å²) in [5, 5.41) is 0. The molecule has 2 atom stereocenters. The molecular weight excluding hydrogens is 250 g/mol. The zero-order chi connectivity index (χ0) is 14.2. The second-order valence-corrected chi connectivity index (χ2v) is 5.63. The van der Waals surface area contributed by atoms with Crippen molar-refractivity contribution in [3.05, 3.63) is 24.3 Å². The number of rotatable bonds is 8. The fourth-order valence-electron chi connectivity index (χ4n) is 2.59. The first-order chi connectivity index (χ1) is 9.81. The Morgan fingerprint density at radius 1 is 1.10 bits per heavy atom. The van der Waals surface area contributed by atoms with E-state index < -0.39 is 0 Å². The van der Waals surface area contributed by atoms with Gasteiger partial charge in [0.2, 0.25) is 0 Å². The average Bonchev–Trinajstić information content (AvgIpc) is 2.50. The minimum Gasteiger partial charge on any atom is -0.486 e. The van der Waals surface area contributed by atoms with Crippen molar-refractivity contribution in [1.82, 2.24) is 0 Å². The molecule has 2 N–H and O–H groups in total. The summed E-state index contributed by atoms with van der Waals surface area (Å²) in [5.41, 5.74) is 6.24. The van der Waals surface area contributed by atoms with Gasteiger partial charge in [0.15, 0.2) is 11.5 Å². The summed E-state index contributed by atoms with van der Waals surface area (Å²) < 4.78 is 11.7. The zero-order valence-electron chi connectivity index (χ0n) is 12.5. The van der Waals surface area contributed by atoms with Crippen LogP contribution in [0.4, 0.5) is 0 Å². The molecule has 1 aromatic carbocycles. The Bertz CT molecular complexity index is 394. The summed E-state index contributed by atoms with van der Waals surface area (Å²) in [6.07, 6.45) is 8.79. The van der Waals surface area contributed by atoms with E-state index in [1.165, 1.54) is 38.5 Å². The van der Waals surface area contributed by atoms with E-state index >= 15 is 0 Å². The van der Waals surface area contributed by atoms with E-state index in [0.717, 1.165) is 17.9 Å². The first-order valence-corrected chi connectivity index (χ1v) is 7.95. The first-order valence-electron chi connectivity index (χ1n) is 7.95. The molecule has 1 aliphatic rings. The van der Waals surface area contributed by atoms with Gasteiger partial charge in [-0.15, -0.1) is 0 Å². The third-order valence-electron chi connectivity index (χ3n) is 3.90. The predicted octanol–water partition coefficient (Wildman–Crippen LogP) is 3.90. The van der Waals surface area contributed by atoms with Crippen molar-refractivity contribution in [2.75, 3.05) is 6.61 Å². The van der Waals surface area contributed by atoms with E-state index in [1.54, 1.807) is 0 Å². The molecule has 2 unspecified atom stereocenters. The molecular formula is C17H27NO2. The fraction of sp³-hybridized carbons (Fsp3) is 0.647. The molecule has 0 radical (unpaired) electrons. The number of ether oxygens (including phenoxy) is 2. The largest absolute Gasteiger partial charge is 0.486 e. The maximum absolute atomic E-state index is 6.24. The number of nitrogens with two attached hydrogens (primary N) is 1. The van der Waals surface area contributed by atoms with Gasteiger partial charge in [-0.25, -0.2) is 0 Å². The van der Waals surface area contributed by atoms with E-state index in [1.807, 2.05) is 24.3 Å². The number of para-hydroxylation sites is 2. The van der Waals surface area contributed by atoms with Crippen molar-refractivity contribution < 1.29 is 9.47 Å².